The van der Waals surface area contributed by atoms with E-state index in [1.54, 1.807) is 0 Å². The zero-order chi connectivity index (χ0) is 8.81. The molecule has 1 aliphatic heterocycles. The van der Waals surface area contributed by atoms with Crippen LogP contribution < -0.4 is 0 Å². The van der Waals surface area contributed by atoms with Gasteiger partial charge in [-0.1, -0.05) is 5.57 Å². The molecule has 70 valence electrons. The van der Waals surface area contributed by atoms with E-state index in [0.29, 0.717) is 0 Å². The molecular weight excluding hydrogens is 152 g/mol. The normalized spacial score (nSPS) is 19.4. The Bertz CT molecular complexity index is 137. The summed E-state index contributed by atoms with van der Waals surface area (Å²) >= 11 is 0. The monoisotopic (exact) mass is 170 g/mol. The number of hydrogen-bond donors (Lipinski definition) is 0. The summed E-state index contributed by atoms with van der Waals surface area (Å²) in [4.78, 5) is 0. The van der Waals surface area contributed by atoms with Crippen LogP contribution in [0, 0.1) is 0 Å². The molecule has 0 aliphatic carbocycles. The van der Waals surface area contributed by atoms with Crippen molar-refractivity contribution in [1.82, 2.24) is 0 Å². The van der Waals surface area contributed by atoms with Gasteiger partial charge in [-0.2, -0.15) is 0 Å². The van der Waals surface area contributed by atoms with Crippen molar-refractivity contribution < 1.29 is 9.47 Å². The van der Waals surface area contributed by atoms with Gasteiger partial charge in [0.25, 0.3) is 0 Å². The first-order chi connectivity index (χ1) is 5.79. The summed E-state index contributed by atoms with van der Waals surface area (Å²) in [7, 11) is 0. The van der Waals surface area contributed by atoms with E-state index in [0.717, 1.165) is 38.9 Å². The van der Waals surface area contributed by atoms with E-state index in [1.165, 1.54) is 5.57 Å². The van der Waals surface area contributed by atoms with Crippen LogP contribution in [0.25, 0.3) is 0 Å². The van der Waals surface area contributed by atoms with Crippen LogP contribution in [0.1, 0.15) is 32.6 Å². The van der Waals surface area contributed by atoms with Gasteiger partial charge in [0.15, 0.2) is 6.29 Å². The molecule has 0 atom stereocenters. The molecule has 0 saturated carbocycles. The van der Waals surface area contributed by atoms with Crippen molar-refractivity contribution in [3.05, 3.63) is 12.2 Å². The minimum atomic E-state index is 0.0538. The van der Waals surface area contributed by atoms with Gasteiger partial charge in [-0.05, 0) is 32.6 Å². The van der Waals surface area contributed by atoms with E-state index in [-0.39, 0.29) is 6.29 Å². The van der Waals surface area contributed by atoms with E-state index >= 15 is 0 Å². The van der Waals surface area contributed by atoms with E-state index in [2.05, 4.69) is 13.5 Å². The second kappa shape index (κ2) is 5.33. The first-order valence-electron chi connectivity index (χ1n) is 4.66. The van der Waals surface area contributed by atoms with Crippen LogP contribution in [0.2, 0.25) is 0 Å². The maximum absolute atomic E-state index is 5.41. The minimum absolute atomic E-state index is 0.0538. The molecule has 2 heteroatoms. The average Bonchev–Trinajstić information content (AvgIpc) is 2.05. The van der Waals surface area contributed by atoms with Crippen molar-refractivity contribution in [2.24, 2.45) is 0 Å². The van der Waals surface area contributed by atoms with Crippen molar-refractivity contribution >= 4 is 0 Å². The third-order valence-electron chi connectivity index (χ3n) is 1.94. The second-order valence-electron chi connectivity index (χ2n) is 3.37. The van der Waals surface area contributed by atoms with Crippen molar-refractivity contribution in [2.75, 3.05) is 13.2 Å². The molecule has 0 aromatic heterocycles. The van der Waals surface area contributed by atoms with Crippen molar-refractivity contribution in [2.45, 2.75) is 38.9 Å². The molecule has 0 N–H and O–H groups in total. The molecule has 0 bridgehead atoms. The smallest absolute Gasteiger partial charge is 0.157 e. The lowest BCUT2D eigenvalue weighted by Gasteiger charge is -2.22. The molecule has 1 fully saturated rings. The fourth-order valence-electron chi connectivity index (χ4n) is 1.27. The molecule has 12 heavy (non-hydrogen) atoms. The fraction of sp³-hybridized carbons (Fsp3) is 0.800. The Hall–Kier alpha value is -0.340. The van der Waals surface area contributed by atoms with E-state index in [9.17, 15) is 0 Å². The molecule has 0 spiro atoms. The van der Waals surface area contributed by atoms with Gasteiger partial charge in [-0.15, -0.1) is 6.58 Å². The molecule has 1 saturated heterocycles. The molecule has 1 rings (SSSR count). The SMILES string of the molecule is C=C(C)CCCC1OCCCO1. The first-order valence-corrected chi connectivity index (χ1v) is 4.66. The molecule has 0 unspecified atom stereocenters. The van der Waals surface area contributed by atoms with Crippen molar-refractivity contribution in [3.63, 3.8) is 0 Å². The summed E-state index contributed by atoms with van der Waals surface area (Å²) < 4.78 is 10.8. The van der Waals surface area contributed by atoms with Gasteiger partial charge < -0.3 is 9.47 Å². The van der Waals surface area contributed by atoms with E-state index in [4.69, 9.17) is 9.47 Å². The second-order valence-corrected chi connectivity index (χ2v) is 3.37. The molecule has 0 aromatic carbocycles. The van der Waals surface area contributed by atoms with Crippen LogP contribution in [0.5, 0.6) is 0 Å². The molecule has 1 heterocycles. The predicted octanol–water partition coefficient (Wildman–Crippen LogP) is 2.50. The minimum Gasteiger partial charge on any atom is -0.353 e. The molecule has 2 nitrogen and oxygen atoms in total. The Morgan fingerprint density at radius 2 is 2.08 bits per heavy atom. The van der Waals surface area contributed by atoms with Crippen LogP contribution in [0.4, 0.5) is 0 Å². The lowest BCUT2D eigenvalue weighted by Crippen LogP contribution is -2.24. The Labute approximate surface area is 74.6 Å². The van der Waals surface area contributed by atoms with Crippen LogP contribution in [0.3, 0.4) is 0 Å². The Kier molecular flexibility index (Phi) is 4.33. The first kappa shape index (κ1) is 9.75. The van der Waals surface area contributed by atoms with Crippen LogP contribution in [-0.2, 0) is 9.47 Å². The summed E-state index contributed by atoms with van der Waals surface area (Å²) in [5.41, 5.74) is 1.24. The third-order valence-corrected chi connectivity index (χ3v) is 1.94. The summed E-state index contributed by atoms with van der Waals surface area (Å²) in [5, 5.41) is 0. The summed E-state index contributed by atoms with van der Waals surface area (Å²) in [5.74, 6) is 0. The molecule has 0 radical (unpaired) electrons. The molecule has 0 amide bonds. The summed E-state index contributed by atoms with van der Waals surface area (Å²) in [6.45, 7) is 7.63. The quantitative estimate of drug-likeness (QED) is 0.603. The Morgan fingerprint density at radius 3 is 2.67 bits per heavy atom. The highest BCUT2D eigenvalue weighted by atomic mass is 16.7. The van der Waals surface area contributed by atoms with Gasteiger partial charge in [-0.25, -0.2) is 0 Å². The highest BCUT2D eigenvalue weighted by Crippen LogP contribution is 2.13. The van der Waals surface area contributed by atoms with Crippen LogP contribution >= 0.6 is 0 Å². The zero-order valence-corrected chi connectivity index (χ0v) is 7.84. The number of allylic oxidation sites excluding steroid dienone is 1. The topological polar surface area (TPSA) is 18.5 Å². The highest BCUT2D eigenvalue weighted by molar-refractivity contribution is 4.87. The predicted molar refractivity (Wildman–Crippen MR) is 49.0 cm³/mol. The fourth-order valence-corrected chi connectivity index (χ4v) is 1.27. The van der Waals surface area contributed by atoms with Crippen molar-refractivity contribution in [1.29, 1.82) is 0 Å². The molecular formula is C10H18O2. The zero-order valence-electron chi connectivity index (χ0n) is 7.84. The average molecular weight is 170 g/mol. The largest absolute Gasteiger partial charge is 0.353 e. The van der Waals surface area contributed by atoms with Crippen LogP contribution in [-0.4, -0.2) is 19.5 Å². The Balaban J connectivity index is 2.01. The van der Waals surface area contributed by atoms with Crippen LogP contribution in [0.15, 0.2) is 12.2 Å². The van der Waals surface area contributed by atoms with Gasteiger partial charge in [0.1, 0.15) is 0 Å². The number of rotatable bonds is 4. The Morgan fingerprint density at radius 1 is 1.42 bits per heavy atom. The highest BCUT2D eigenvalue weighted by Gasteiger charge is 2.12. The number of hydrogen-bond acceptors (Lipinski definition) is 2. The third kappa shape index (κ3) is 3.88. The van der Waals surface area contributed by atoms with E-state index in [1.807, 2.05) is 0 Å². The van der Waals surface area contributed by atoms with E-state index < -0.39 is 0 Å². The molecule has 0 aromatic rings. The molecule has 1 aliphatic rings. The van der Waals surface area contributed by atoms with Gasteiger partial charge in [-0.3, -0.25) is 0 Å². The lowest BCUT2D eigenvalue weighted by molar-refractivity contribution is -0.181. The lowest BCUT2D eigenvalue weighted by atomic mass is 10.1. The van der Waals surface area contributed by atoms with Gasteiger partial charge >= 0.3 is 0 Å². The number of ether oxygens (including phenoxy) is 2. The van der Waals surface area contributed by atoms with Gasteiger partial charge in [0.05, 0.1) is 13.2 Å². The summed E-state index contributed by atoms with van der Waals surface area (Å²) in [6, 6.07) is 0. The van der Waals surface area contributed by atoms with Gasteiger partial charge in [0.2, 0.25) is 0 Å². The standard InChI is InChI=1S/C10H18O2/c1-9(2)5-3-6-10-11-7-4-8-12-10/h10H,1,3-8H2,2H3. The van der Waals surface area contributed by atoms with Crippen molar-refractivity contribution in [3.8, 4) is 0 Å². The maximum Gasteiger partial charge on any atom is 0.157 e. The summed E-state index contributed by atoms with van der Waals surface area (Å²) in [6.07, 6.45) is 4.31. The maximum atomic E-state index is 5.41. The van der Waals surface area contributed by atoms with Gasteiger partial charge in [0, 0.05) is 0 Å².